The second-order valence-electron chi connectivity index (χ2n) is 7.51. The first-order valence-electron chi connectivity index (χ1n) is 9.77. The van der Waals surface area contributed by atoms with Crippen LogP contribution in [0.15, 0.2) is 53.1 Å². The number of amides is 1. The smallest absolute Gasteiger partial charge is 0.264 e. The van der Waals surface area contributed by atoms with E-state index in [0.29, 0.717) is 17.5 Å². The lowest BCUT2D eigenvalue weighted by Crippen LogP contribution is -2.43. The molecule has 0 spiro atoms. The molecule has 152 valence electrons. The second-order valence-corrected chi connectivity index (χ2v) is 7.51. The van der Waals surface area contributed by atoms with Crippen molar-refractivity contribution in [3.63, 3.8) is 0 Å². The summed E-state index contributed by atoms with van der Waals surface area (Å²) < 4.78 is 11.2. The summed E-state index contributed by atoms with van der Waals surface area (Å²) in [6, 6.07) is 15.5. The summed E-state index contributed by atoms with van der Waals surface area (Å²) in [5, 5.41) is 4.05. The van der Waals surface area contributed by atoms with E-state index in [1.165, 1.54) is 0 Å². The van der Waals surface area contributed by atoms with E-state index < -0.39 is 6.10 Å². The van der Waals surface area contributed by atoms with Crippen molar-refractivity contribution in [2.45, 2.75) is 53.3 Å². The highest BCUT2D eigenvalue weighted by atomic mass is 16.5. The van der Waals surface area contributed by atoms with E-state index >= 15 is 0 Å². The Hall–Kier alpha value is -3.15. The van der Waals surface area contributed by atoms with E-state index in [9.17, 15) is 4.79 Å². The number of nitrogens with zero attached hydrogens (tertiary/aromatic N) is 3. The molecule has 3 rings (SSSR count). The maximum absolute atomic E-state index is 13.0. The molecule has 0 aliphatic heterocycles. The number of aryl methyl sites for hydroxylation is 2. The molecule has 0 bridgehead atoms. The molecule has 3 aromatic rings. The largest absolute Gasteiger partial charge is 0.481 e. The van der Waals surface area contributed by atoms with Crippen molar-refractivity contribution in [1.82, 2.24) is 15.0 Å². The van der Waals surface area contributed by atoms with Gasteiger partial charge in [-0.1, -0.05) is 52.7 Å². The van der Waals surface area contributed by atoms with Gasteiger partial charge in [0.15, 0.2) is 6.10 Å². The van der Waals surface area contributed by atoms with Gasteiger partial charge >= 0.3 is 0 Å². The van der Waals surface area contributed by atoms with Gasteiger partial charge in [0.1, 0.15) is 12.3 Å². The molecule has 1 amide bonds. The fourth-order valence-electron chi connectivity index (χ4n) is 2.90. The van der Waals surface area contributed by atoms with Crippen molar-refractivity contribution >= 4 is 5.91 Å². The van der Waals surface area contributed by atoms with Gasteiger partial charge in [0, 0.05) is 11.6 Å². The number of hydrogen-bond donors (Lipinski definition) is 0. The van der Waals surface area contributed by atoms with Crippen LogP contribution >= 0.6 is 0 Å². The van der Waals surface area contributed by atoms with Crippen molar-refractivity contribution < 1.29 is 14.1 Å². The van der Waals surface area contributed by atoms with Crippen LogP contribution in [-0.2, 0) is 11.3 Å². The molecule has 0 unspecified atom stereocenters. The Bertz CT molecular complexity index is 946. The third-order valence-electron chi connectivity index (χ3n) is 4.67. The maximum atomic E-state index is 13.0. The van der Waals surface area contributed by atoms with Crippen molar-refractivity contribution in [2.75, 3.05) is 0 Å². The first-order chi connectivity index (χ1) is 13.8. The zero-order valence-electron chi connectivity index (χ0n) is 17.5. The van der Waals surface area contributed by atoms with Gasteiger partial charge in [-0.15, -0.1) is 0 Å². The topological polar surface area (TPSA) is 68.5 Å². The van der Waals surface area contributed by atoms with Crippen LogP contribution in [0.3, 0.4) is 0 Å². The molecule has 6 nitrogen and oxygen atoms in total. The monoisotopic (exact) mass is 393 g/mol. The number of ether oxygens (including phenoxy) is 1. The Morgan fingerprint density at radius 1 is 1.00 bits per heavy atom. The fraction of sp³-hybridized carbons (Fsp3) is 0.348. The van der Waals surface area contributed by atoms with E-state index in [2.05, 4.69) is 10.1 Å². The molecule has 29 heavy (non-hydrogen) atoms. The number of aromatic nitrogens is 2. The van der Waals surface area contributed by atoms with Gasteiger partial charge in [-0.05, 0) is 46.8 Å². The summed E-state index contributed by atoms with van der Waals surface area (Å²) in [5.74, 6) is 1.44. The Balaban J connectivity index is 1.70. The first kappa shape index (κ1) is 20.6. The molecule has 1 aromatic heterocycles. The van der Waals surface area contributed by atoms with Crippen LogP contribution in [0.2, 0.25) is 0 Å². The highest BCUT2D eigenvalue weighted by molar-refractivity contribution is 5.81. The molecule has 1 heterocycles. The van der Waals surface area contributed by atoms with Crippen molar-refractivity contribution in [2.24, 2.45) is 0 Å². The summed E-state index contributed by atoms with van der Waals surface area (Å²) in [6.07, 6.45) is -0.625. The summed E-state index contributed by atoms with van der Waals surface area (Å²) >= 11 is 0. The zero-order valence-corrected chi connectivity index (χ0v) is 17.5. The van der Waals surface area contributed by atoms with E-state index in [4.69, 9.17) is 9.26 Å². The number of rotatable bonds is 7. The molecular formula is C23H27N3O3. The third-order valence-corrected chi connectivity index (χ3v) is 4.67. The van der Waals surface area contributed by atoms with Gasteiger partial charge in [0.2, 0.25) is 11.7 Å². The number of carbonyl (C=O) groups excluding carboxylic acids is 1. The van der Waals surface area contributed by atoms with Crippen LogP contribution in [0.1, 0.15) is 37.8 Å². The minimum absolute atomic E-state index is 0.0405. The number of benzene rings is 2. The van der Waals surface area contributed by atoms with Gasteiger partial charge in [-0.25, -0.2) is 0 Å². The van der Waals surface area contributed by atoms with Gasteiger partial charge < -0.3 is 14.2 Å². The standard InChI is InChI=1S/C23H27N3O3/c1-15(2)26(23(27)18(5)28-20-12-8-17(4)9-13-20)14-21-24-22(25-29-21)19-10-6-16(3)7-11-19/h6-13,15,18H,14H2,1-5H3/t18-/m0/s1. The van der Waals surface area contributed by atoms with E-state index in [1.54, 1.807) is 11.8 Å². The molecule has 0 fully saturated rings. The third kappa shape index (κ3) is 5.22. The molecule has 0 aliphatic rings. The van der Waals surface area contributed by atoms with Gasteiger partial charge in [0.05, 0.1) is 0 Å². The fourth-order valence-corrected chi connectivity index (χ4v) is 2.90. The first-order valence-corrected chi connectivity index (χ1v) is 9.77. The van der Waals surface area contributed by atoms with E-state index in [-0.39, 0.29) is 18.5 Å². The van der Waals surface area contributed by atoms with E-state index in [1.807, 2.05) is 76.2 Å². The van der Waals surface area contributed by atoms with E-state index in [0.717, 1.165) is 16.7 Å². The van der Waals surface area contributed by atoms with Crippen LogP contribution in [0, 0.1) is 13.8 Å². The predicted molar refractivity (Wildman–Crippen MR) is 111 cm³/mol. The lowest BCUT2D eigenvalue weighted by molar-refractivity contribution is -0.140. The quantitative estimate of drug-likeness (QED) is 0.589. The van der Waals surface area contributed by atoms with Crippen LogP contribution in [0.4, 0.5) is 0 Å². The molecule has 0 N–H and O–H groups in total. The van der Waals surface area contributed by atoms with Gasteiger partial charge in [-0.3, -0.25) is 4.79 Å². The molecule has 0 aliphatic carbocycles. The zero-order chi connectivity index (χ0) is 21.0. The molecule has 2 aromatic carbocycles. The molecule has 0 saturated carbocycles. The predicted octanol–water partition coefficient (Wildman–Crippen LogP) is 4.56. The Labute approximate surface area is 171 Å². The number of carbonyl (C=O) groups is 1. The molecule has 6 heteroatoms. The highest BCUT2D eigenvalue weighted by Crippen LogP contribution is 2.19. The minimum atomic E-state index is -0.625. The summed E-state index contributed by atoms with van der Waals surface area (Å²) in [7, 11) is 0. The normalized spacial score (nSPS) is 12.1. The lowest BCUT2D eigenvalue weighted by atomic mass is 10.1. The molecular weight excluding hydrogens is 366 g/mol. The summed E-state index contributed by atoms with van der Waals surface area (Å²) in [6.45, 7) is 9.92. The molecule has 1 atom stereocenters. The highest BCUT2D eigenvalue weighted by Gasteiger charge is 2.26. The van der Waals surface area contributed by atoms with Gasteiger partial charge in [0.25, 0.3) is 5.91 Å². The van der Waals surface area contributed by atoms with Crippen LogP contribution in [0.25, 0.3) is 11.4 Å². The number of hydrogen-bond acceptors (Lipinski definition) is 5. The SMILES string of the molecule is Cc1ccc(O[C@@H](C)C(=O)N(Cc2nc(-c3ccc(C)cc3)no2)C(C)C)cc1. The Kier molecular flexibility index (Phi) is 6.32. The lowest BCUT2D eigenvalue weighted by Gasteiger charge is -2.28. The summed E-state index contributed by atoms with van der Waals surface area (Å²) in [5.41, 5.74) is 3.18. The van der Waals surface area contributed by atoms with Crippen molar-refractivity contribution in [3.05, 3.63) is 65.5 Å². The van der Waals surface area contributed by atoms with Crippen LogP contribution in [0.5, 0.6) is 5.75 Å². The molecule has 0 radical (unpaired) electrons. The van der Waals surface area contributed by atoms with Crippen molar-refractivity contribution in [3.8, 4) is 17.1 Å². The van der Waals surface area contributed by atoms with Crippen LogP contribution < -0.4 is 4.74 Å². The maximum Gasteiger partial charge on any atom is 0.264 e. The molecule has 0 saturated heterocycles. The Morgan fingerprint density at radius 3 is 2.17 bits per heavy atom. The Morgan fingerprint density at radius 2 is 1.59 bits per heavy atom. The van der Waals surface area contributed by atoms with Gasteiger partial charge in [-0.2, -0.15) is 4.98 Å². The second kappa shape index (κ2) is 8.90. The summed E-state index contributed by atoms with van der Waals surface area (Å²) in [4.78, 5) is 19.1. The average Bonchev–Trinajstić information content (AvgIpc) is 3.16. The van der Waals surface area contributed by atoms with Crippen molar-refractivity contribution in [1.29, 1.82) is 0 Å². The van der Waals surface area contributed by atoms with Crippen LogP contribution in [-0.4, -0.2) is 33.1 Å². The minimum Gasteiger partial charge on any atom is -0.481 e. The average molecular weight is 393 g/mol.